The Hall–Kier alpha value is -2.89. The summed E-state index contributed by atoms with van der Waals surface area (Å²) in [4.78, 5) is 13.8. The predicted molar refractivity (Wildman–Crippen MR) is 103 cm³/mol. The number of hydrogen-bond acceptors (Lipinski definition) is 5. The molecule has 0 saturated heterocycles. The molecule has 3 aromatic rings. The van der Waals surface area contributed by atoms with Crippen molar-refractivity contribution in [3.05, 3.63) is 54.9 Å². The average Bonchev–Trinajstić information content (AvgIpc) is 3.06. The fraction of sp³-hybridized carbons (Fsp3) is 0.316. The first-order chi connectivity index (χ1) is 12.3. The van der Waals surface area contributed by atoms with Crippen LogP contribution in [0.5, 0.6) is 0 Å². The van der Waals surface area contributed by atoms with Gasteiger partial charge >= 0.3 is 0 Å². The highest BCUT2D eigenvalue weighted by atomic mass is 15.2. The highest BCUT2D eigenvalue weighted by molar-refractivity contribution is 5.84. The monoisotopic (exact) mass is 336 g/mol. The maximum Gasteiger partial charge on any atom is 0.227 e. The molecule has 0 aliphatic rings. The fourth-order valence-electron chi connectivity index (χ4n) is 2.58. The van der Waals surface area contributed by atoms with Gasteiger partial charge in [0.1, 0.15) is 0 Å². The molecule has 25 heavy (non-hydrogen) atoms. The van der Waals surface area contributed by atoms with Crippen molar-refractivity contribution in [3.8, 4) is 0 Å². The Morgan fingerprint density at radius 2 is 2.00 bits per heavy atom. The zero-order valence-corrected chi connectivity index (χ0v) is 14.6. The van der Waals surface area contributed by atoms with Gasteiger partial charge < -0.3 is 15.2 Å². The van der Waals surface area contributed by atoms with Crippen LogP contribution in [0.3, 0.4) is 0 Å². The number of benzene rings is 1. The van der Waals surface area contributed by atoms with Crippen LogP contribution in [0.1, 0.15) is 25.3 Å². The summed E-state index contributed by atoms with van der Waals surface area (Å²) in [5, 5.41) is 6.57. The van der Waals surface area contributed by atoms with Gasteiger partial charge in [-0.15, -0.1) is 6.58 Å². The van der Waals surface area contributed by atoms with Gasteiger partial charge in [0.15, 0.2) is 17.0 Å². The molecule has 0 bridgehead atoms. The third kappa shape index (κ3) is 4.15. The normalized spacial score (nSPS) is 10.8. The number of fused-ring (bicyclic) bond motifs is 1. The summed E-state index contributed by atoms with van der Waals surface area (Å²) in [6, 6.07) is 10.2. The highest BCUT2D eigenvalue weighted by Gasteiger charge is 2.13. The Morgan fingerprint density at radius 1 is 1.16 bits per heavy atom. The van der Waals surface area contributed by atoms with E-state index in [1.54, 1.807) is 6.08 Å². The van der Waals surface area contributed by atoms with Crippen LogP contribution in [0, 0.1) is 0 Å². The molecule has 2 heterocycles. The van der Waals surface area contributed by atoms with Gasteiger partial charge in [-0.2, -0.15) is 9.97 Å². The van der Waals surface area contributed by atoms with Crippen molar-refractivity contribution in [1.82, 2.24) is 19.5 Å². The van der Waals surface area contributed by atoms with Crippen LogP contribution in [0.4, 0.5) is 11.8 Å². The standard InChI is InChI=1S/C19H24N6/c1-3-5-12-25-14-22-16-17(21-13-15-9-7-6-8-10-15)23-19(20-11-4-2)24-18(16)25/h4,6-10,14H,2-3,5,11-13H2,1H3,(H2,20,21,23,24). The Kier molecular flexibility index (Phi) is 5.61. The first-order valence-corrected chi connectivity index (χ1v) is 8.67. The summed E-state index contributed by atoms with van der Waals surface area (Å²) < 4.78 is 2.09. The van der Waals surface area contributed by atoms with Crippen LogP contribution in [-0.2, 0) is 13.1 Å². The minimum atomic E-state index is 0.584. The number of rotatable bonds is 9. The molecule has 0 aliphatic heterocycles. The van der Waals surface area contributed by atoms with Crippen molar-refractivity contribution in [3.63, 3.8) is 0 Å². The van der Waals surface area contributed by atoms with Crippen LogP contribution < -0.4 is 10.6 Å². The summed E-state index contributed by atoms with van der Waals surface area (Å²) in [5.74, 6) is 1.33. The quantitative estimate of drug-likeness (QED) is 0.581. The van der Waals surface area contributed by atoms with E-state index in [4.69, 9.17) is 0 Å². The number of nitrogens with zero attached hydrogens (tertiary/aromatic N) is 4. The van der Waals surface area contributed by atoms with Gasteiger partial charge in [0, 0.05) is 19.6 Å². The zero-order chi connectivity index (χ0) is 17.5. The van der Waals surface area contributed by atoms with Gasteiger partial charge in [0.25, 0.3) is 0 Å². The summed E-state index contributed by atoms with van der Waals surface area (Å²) in [6.07, 6.45) is 5.86. The van der Waals surface area contributed by atoms with E-state index in [0.717, 1.165) is 36.4 Å². The number of unbranched alkanes of at least 4 members (excludes halogenated alkanes) is 1. The van der Waals surface area contributed by atoms with Crippen LogP contribution >= 0.6 is 0 Å². The van der Waals surface area contributed by atoms with E-state index < -0.39 is 0 Å². The summed E-state index contributed by atoms with van der Waals surface area (Å²) in [5.41, 5.74) is 2.85. The Balaban J connectivity index is 1.91. The second-order valence-electron chi connectivity index (χ2n) is 5.87. The number of imidazole rings is 1. The lowest BCUT2D eigenvalue weighted by molar-refractivity contribution is 0.642. The fourth-order valence-corrected chi connectivity index (χ4v) is 2.58. The van der Waals surface area contributed by atoms with Crippen LogP contribution in [0.15, 0.2) is 49.3 Å². The molecule has 130 valence electrons. The molecule has 0 unspecified atom stereocenters. The number of aromatic nitrogens is 4. The number of hydrogen-bond donors (Lipinski definition) is 2. The van der Waals surface area contributed by atoms with Gasteiger partial charge in [-0.25, -0.2) is 4.98 Å². The SMILES string of the molecule is C=CCNc1nc(NCc2ccccc2)c2ncn(CCCC)c2n1. The molecule has 2 N–H and O–H groups in total. The van der Waals surface area contributed by atoms with Crippen molar-refractivity contribution in [1.29, 1.82) is 0 Å². The third-order valence-electron chi connectivity index (χ3n) is 3.92. The van der Waals surface area contributed by atoms with Gasteiger partial charge in [-0.1, -0.05) is 49.8 Å². The molecule has 6 nitrogen and oxygen atoms in total. The average molecular weight is 336 g/mol. The smallest absolute Gasteiger partial charge is 0.227 e. The molecule has 0 saturated carbocycles. The lowest BCUT2D eigenvalue weighted by Crippen LogP contribution is -2.09. The Labute approximate surface area is 148 Å². The van der Waals surface area contributed by atoms with Crippen molar-refractivity contribution in [2.75, 3.05) is 17.2 Å². The molecular formula is C19H24N6. The molecule has 0 amide bonds. The van der Waals surface area contributed by atoms with E-state index in [-0.39, 0.29) is 0 Å². The molecular weight excluding hydrogens is 312 g/mol. The van der Waals surface area contributed by atoms with Gasteiger partial charge in [-0.3, -0.25) is 0 Å². The Morgan fingerprint density at radius 3 is 2.76 bits per heavy atom. The van der Waals surface area contributed by atoms with Crippen molar-refractivity contribution in [2.24, 2.45) is 0 Å². The highest BCUT2D eigenvalue weighted by Crippen LogP contribution is 2.22. The van der Waals surface area contributed by atoms with E-state index in [1.807, 2.05) is 24.5 Å². The maximum atomic E-state index is 4.63. The lowest BCUT2D eigenvalue weighted by Gasteiger charge is -2.10. The van der Waals surface area contributed by atoms with E-state index in [2.05, 4.69) is 55.8 Å². The lowest BCUT2D eigenvalue weighted by atomic mass is 10.2. The topological polar surface area (TPSA) is 67.7 Å². The van der Waals surface area contributed by atoms with Crippen molar-refractivity contribution >= 4 is 22.9 Å². The maximum absolute atomic E-state index is 4.63. The molecule has 0 atom stereocenters. The van der Waals surface area contributed by atoms with E-state index in [0.29, 0.717) is 19.0 Å². The number of aryl methyl sites for hydroxylation is 1. The van der Waals surface area contributed by atoms with Crippen LogP contribution in [0.2, 0.25) is 0 Å². The second kappa shape index (κ2) is 8.28. The zero-order valence-electron chi connectivity index (χ0n) is 14.6. The molecule has 3 rings (SSSR count). The molecule has 0 spiro atoms. The van der Waals surface area contributed by atoms with E-state index in [1.165, 1.54) is 5.56 Å². The first-order valence-electron chi connectivity index (χ1n) is 8.67. The van der Waals surface area contributed by atoms with Crippen LogP contribution in [-0.4, -0.2) is 26.1 Å². The molecule has 0 aliphatic carbocycles. The Bertz CT molecular complexity index is 825. The molecule has 2 aromatic heterocycles. The molecule has 0 radical (unpaired) electrons. The third-order valence-corrected chi connectivity index (χ3v) is 3.92. The molecule has 1 aromatic carbocycles. The minimum absolute atomic E-state index is 0.584. The molecule has 0 fully saturated rings. The largest absolute Gasteiger partial charge is 0.364 e. The van der Waals surface area contributed by atoms with Crippen molar-refractivity contribution in [2.45, 2.75) is 32.9 Å². The van der Waals surface area contributed by atoms with Gasteiger partial charge in [0.2, 0.25) is 5.95 Å². The van der Waals surface area contributed by atoms with Crippen molar-refractivity contribution < 1.29 is 0 Å². The summed E-state index contributed by atoms with van der Waals surface area (Å²) in [6.45, 7) is 8.13. The summed E-state index contributed by atoms with van der Waals surface area (Å²) in [7, 11) is 0. The first kappa shape index (κ1) is 17.0. The minimum Gasteiger partial charge on any atom is -0.364 e. The number of anilines is 2. The summed E-state index contributed by atoms with van der Waals surface area (Å²) >= 11 is 0. The number of nitrogens with one attached hydrogen (secondary N) is 2. The van der Waals surface area contributed by atoms with E-state index in [9.17, 15) is 0 Å². The predicted octanol–water partition coefficient (Wildman–Crippen LogP) is 3.84. The van der Waals surface area contributed by atoms with Crippen LogP contribution in [0.25, 0.3) is 11.2 Å². The second-order valence-corrected chi connectivity index (χ2v) is 5.87. The van der Waals surface area contributed by atoms with Gasteiger partial charge in [0.05, 0.1) is 6.33 Å². The molecule has 6 heteroatoms. The van der Waals surface area contributed by atoms with E-state index >= 15 is 0 Å². The van der Waals surface area contributed by atoms with Gasteiger partial charge in [-0.05, 0) is 12.0 Å².